The molecule has 0 saturated carbocycles. The average molecular weight is 206 g/mol. The molecule has 15 heavy (non-hydrogen) atoms. The molecule has 1 aromatic rings. The van der Waals surface area contributed by atoms with Crippen LogP contribution < -0.4 is 11.5 Å². The Kier molecular flexibility index (Phi) is 7.21. The summed E-state index contributed by atoms with van der Waals surface area (Å²) in [5.74, 6) is -0.481. The Bertz CT molecular complexity index is 321. The van der Waals surface area contributed by atoms with Crippen molar-refractivity contribution in [2.24, 2.45) is 11.5 Å². The van der Waals surface area contributed by atoms with Crippen LogP contribution in [0, 0.1) is 0 Å². The number of primary amides is 1. The molecule has 0 spiro atoms. The van der Waals surface area contributed by atoms with Crippen molar-refractivity contribution >= 4 is 5.91 Å². The maximum atomic E-state index is 9.47. The van der Waals surface area contributed by atoms with Gasteiger partial charge in [-0.2, -0.15) is 0 Å². The van der Waals surface area contributed by atoms with Gasteiger partial charge in [-0.1, -0.05) is 12.7 Å². The molecule has 0 aliphatic heterocycles. The molecule has 0 radical (unpaired) electrons. The minimum atomic E-state index is -0.481. The fraction of sp³-hybridized carbons (Fsp3) is 0.100. The van der Waals surface area contributed by atoms with Crippen LogP contribution in [0.25, 0.3) is 0 Å². The Balaban J connectivity index is 0.000000336. The van der Waals surface area contributed by atoms with Crippen molar-refractivity contribution in [1.29, 1.82) is 0 Å². The number of hydrogen-bond acceptors (Lipinski definition) is 4. The van der Waals surface area contributed by atoms with E-state index in [0.29, 0.717) is 0 Å². The second-order valence-electron chi connectivity index (χ2n) is 2.44. The lowest BCUT2D eigenvalue weighted by atomic mass is 10.3. The average Bonchev–Trinajstić information content (AvgIpc) is 2.28. The Morgan fingerprint density at radius 1 is 1.53 bits per heavy atom. The van der Waals surface area contributed by atoms with E-state index in [2.05, 4.69) is 22.3 Å². The van der Waals surface area contributed by atoms with Crippen LogP contribution in [0.2, 0.25) is 0 Å². The van der Waals surface area contributed by atoms with Crippen molar-refractivity contribution in [1.82, 2.24) is 9.97 Å². The predicted molar refractivity (Wildman–Crippen MR) is 58.5 cm³/mol. The summed E-state index contributed by atoms with van der Waals surface area (Å²) < 4.78 is 0. The van der Waals surface area contributed by atoms with Crippen LogP contribution in [0.4, 0.5) is 0 Å². The molecule has 5 nitrogen and oxygen atoms in total. The van der Waals surface area contributed by atoms with Gasteiger partial charge in [-0.05, 0) is 12.3 Å². The summed E-state index contributed by atoms with van der Waals surface area (Å²) in [5, 5.41) is 0. The molecule has 1 aromatic heterocycles. The summed E-state index contributed by atoms with van der Waals surface area (Å²) >= 11 is 0. The molecule has 1 amide bonds. The van der Waals surface area contributed by atoms with Crippen LogP contribution in [-0.4, -0.2) is 15.9 Å². The maximum Gasteiger partial charge on any atom is 0.240 e. The van der Waals surface area contributed by atoms with Gasteiger partial charge in [0.2, 0.25) is 5.91 Å². The molecule has 0 aliphatic carbocycles. The highest BCUT2D eigenvalue weighted by atomic mass is 16.1. The van der Waals surface area contributed by atoms with Gasteiger partial charge in [0.05, 0.1) is 5.69 Å². The number of aromatic nitrogens is 2. The number of rotatable bonds is 3. The summed E-state index contributed by atoms with van der Waals surface area (Å²) in [6, 6.07) is 0. The van der Waals surface area contributed by atoms with Crippen molar-refractivity contribution in [3.8, 4) is 0 Å². The highest BCUT2D eigenvalue weighted by molar-refractivity contribution is 5.84. The van der Waals surface area contributed by atoms with Gasteiger partial charge in [0, 0.05) is 25.0 Å². The molecule has 0 fully saturated rings. The highest BCUT2D eigenvalue weighted by Gasteiger charge is 1.86. The van der Waals surface area contributed by atoms with Gasteiger partial charge in [-0.25, -0.2) is 0 Å². The molecular formula is C10H14N4O. The smallest absolute Gasteiger partial charge is 0.240 e. The van der Waals surface area contributed by atoms with Crippen LogP contribution in [-0.2, 0) is 11.2 Å². The summed E-state index contributed by atoms with van der Waals surface area (Å²) in [6.07, 6.45) is 10.2. The SMILES string of the molecule is C=CC(N)=O.NC=CCc1cnccn1. The molecule has 0 unspecified atom stereocenters. The lowest BCUT2D eigenvalue weighted by Gasteiger charge is -1.90. The van der Waals surface area contributed by atoms with Gasteiger partial charge in [-0.15, -0.1) is 0 Å². The lowest BCUT2D eigenvalue weighted by molar-refractivity contribution is -0.113. The zero-order chi connectivity index (χ0) is 11.5. The van der Waals surface area contributed by atoms with Gasteiger partial charge >= 0.3 is 0 Å². The van der Waals surface area contributed by atoms with E-state index in [1.165, 1.54) is 6.20 Å². The summed E-state index contributed by atoms with van der Waals surface area (Å²) in [4.78, 5) is 17.4. The molecule has 0 aliphatic rings. The van der Waals surface area contributed by atoms with Gasteiger partial charge < -0.3 is 11.5 Å². The normalized spacial score (nSPS) is 9.07. The van der Waals surface area contributed by atoms with E-state index in [-0.39, 0.29) is 0 Å². The number of carbonyl (C=O) groups excluding carboxylic acids is 1. The van der Waals surface area contributed by atoms with Crippen LogP contribution in [0.15, 0.2) is 43.5 Å². The minimum Gasteiger partial charge on any atom is -0.405 e. The van der Waals surface area contributed by atoms with E-state index in [0.717, 1.165) is 18.2 Å². The molecule has 0 atom stereocenters. The van der Waals surface area contributed by atoms with Gasteiger partial charge in [-0.3, -0.25) is 14.8 Å². The maximum absolute atomic E-state index is 9.47. The quantitative estimate of drug-likeness (QED) is 0.688. The molecule has 0 bridgehead atoms. The van der Waals surface area contributed by atoms with Crippen LogP contribution in [0.5, 0.6) is 0 Å². The minimum absolute atomic E-state index is 0.481. The second-order valence-corrected chi connectivity index (χ2v) is 2.44. The lowest BCUT2D eigenvalue weighted by Crippen LogP contribution is -2.04. The van der Waals surface area contributed by atoms with E-state index < -0.39 is 5.91 Å². The van der Waals surface area contributed by atoms with Crippen LogP contribution in [0.3, 0.4) is 0 Å². The van der Waals surface area contributed by atoms with Crippen molar-refractivity contribution in [3.63, 3.8) is 0 Å². The van der Waals surface area contributed by atoms with Crippen molar-refractivity contribution < 1.29 is 4.79 Å². The Hall–Kier alpha value is -2.17. The molecule has 1 rings (SSSR count). The van der Waals surface area contributed by atoms with Gasteiger partial charge in [0.1, 0.15) is 0 Å². The van der Waals surface area contributed by atoms with Gasteiger partial charge in [0.15, 0.2) is 0 Å². The zero-order valence-corrected chi connectivity index (χ0v) is 8.34. The van der Waals surface area contributed by atoms with E-state index in [4.69, 9.17) is 5.73 Å². The van der Waals surface area contributed by atoms with Crippen molar-refractivity contribution in [2.45, 2.75) is 6.42 Å². The Morgan fingerprint density at radius 3 is 2.60 bits per heavy atom. The monoisotopic (exact) mass is 206 g/mol. The first-order valence-electron chi connectivity index (χ1n) is 4.24. The molecule has 0 saturated heterocycles. The summed E-state index contributed by atoms with van der Waals surface area (Å²) in [6.45, 7) is 3.09. The first kappa shape index (κ1) is 12.8. The van der Waals surface area contributed by atoms with Crippen molar-refractivity contribution in [2.75, 3.05) is 0 Å². The molecule has 80 valence electrons. The summed E-state index contributed by atoms with van der Waals surface area (Å²) in [5.41, 5.74) is 10.6. The van der Waals surface area contributed by atoms with Crippen LogP contribution >= 0.6 is 0 Å². The summed E-state index contributed by atoms with van der Waals surface area (Å²) in [7, 11) is 0. The number of amides is 1. The number of nitrogens with two attached hydrogens (primary N) is 2. The van der Waals surface area contributed by atoms with E-state index >= 15 is 0 Å². The van der Waals surface area contributed by atoms with E-state index in [9.17, 15) is 4.79 Å². The Morgan fingerprint density at radius 2 is 2.20 bits per heavy atom. The third-order valence-corrected chi connectivity index (χ3v) is 1.28. The third-order valence-electron chi connectivity index (χ3n) is 1.28. The predicted octanol–water partition coefficient (Wildman–Crippen LogP) is 0.149. The number of hydrogen-bond donors (Lipinski definition) is 2. The third kappa shape index (κ3) is 8.17. The molecule has 4 N–H and O–H groups in total. The number of carbonyl (C=O) groups is 1. The van der Waals surface area contributed by atoms with Crippen LogP contribution in [0.1, 0.15) is 5.69 Å². The second kappa shape index (κ2) is 8.43. The number of nitrogens with zero attached hydrogens (tertiary/aromatic N) is 2. The van der Waals surface area contributed by atoms with E-state index in [1.54, 1.807) is 18.6 Å². The molecule has 0 aromatic carbocycles. The first-order valence-corrected chi connectivity index (χ1v) is 4.24. The van der Waals surface area contributed by atoms with Crippen molar-refractivity contribution in [3.05, 3.63) is 49.2 Å². The highest BCUT2D eigenvalue weighted by Crippen LogP contribution is 1.90. The standard InChI is InChI=1S/C7H9N3.C3H5NO/c8-3-1-2-7-6-9-4-5-10-7;1-2-3(4)5/h1,3-6H,2,8H2;2H,1H2,(H2,4,5). The first-order chi connectivity index (χ1) is 7.20. The molecular weight excluding hydrogens is 192 g/mol. The Labute approximate surface area is 88.5 Å². The fourth-order valence-corrected chi connectivity index (χ4v) is 0.624. The largest absolute Gasteiger partial charge is 0.405 e. The number of allylic oxidation sites excluding steroid dienone is 1. The molecule has 5 heteroatoms. The molecule has 1 heterocycles. The van der Waals surface area contributed by atoms with E-state index in [1.807, 2.05) is 6.08 Å². The zero-order valence-electron chi connectivity index (χ0n) is 8.34. The topological polar surface area (TPSA) is 94.9 Å². The fourth-order valence-electron chi connectivity index (χ4n) is 0.624. The van der Waals surface area contributed by atoms with Gasteiger partial charge in [0.25, 0.3) is 0 Å².